The lowest BCUT2D eigenvalue weighted by atomic mass is 10.4. The molecule has 0 saturated heterocycles. The predicted octanol–water partition coefficient (Wildman–Crippen LogP) is 0.315. The SMILES string of the molecule is OCCCn1nnnc1-c1ccco1. The van der Waals surface area contributed by atoms with Crippen LogP contribution in [-0.4, -0.2) is 31.9 Å². The van der Waals surface area contributed by atoms with E-state index in [4.69, 9.17) is 9.52 Å². The molecule has 0 fully saturated rings. The van der Waals surface area contributed by atoms with Crippen LogP contribution >= 0.6 is 0 Å². The van der Waals surface area contributed by atoms with E-state index in [0.717, 1.165) is 0 Å². The van der Waals surface area contributed by atoms with Crippen molar-refractivity contribution >= 4 is 0 Å². The number of tetrazole rings is 1. The van der Waals surface area contributed by atoms with E-state index in [0.29, 0.717) is 24.6 Å². The van der Waals surface area contributed by atoms with Gasteiger partial charge in [-0.3, -0.25) is 0 Å². The first-order valence-electron chi connectivity index (χ1n) is 4.32. The minimum atomic E-state index is 0.122. The highest BCUT2D eigenvalue weighted by atomic mass is 16.3. The Balaban J connectivity index is 2.22. The quantitative estimate of drug-likeness (QED) is 0.758. The van der Waals surface area contributed by atoms with E-state index in [1.807, 2.05) is 0 Å². The Kier molecular flexibility index (Phi) is 2.55. The molecule has 2 rings (SSSR count). The minimum Gasteiger partial charge on any atom is -0.461 e. The number of aliphatic hydroxyl groups excluding tert-OH is 1. The third-order valence-corrected chi connectivity index (χ3v) is 1.80. The number of aromatic nitrogens is 4. The summed E-state index contributed by atoms with van der Waals surface area (Å²) in [5.41, 5.74) is 0. The first-order chi connectivity index (χ1) is 6.92. The van der Waals surface area contributed by atoms with Gasteiger partial charge < -0.3 is 9.52 Å². The summed E-state index contributed by atoms with van der Waals surface area (Å²) in [6.07, 6.45) is 2.19. The van der Waals surface area contributed by atoms with Crippen LogP contribution < -0.4 is 0 Å². The fourth-order valence-corrected chi connectivity index (χ4v) is 1.16. The van der Waals surface area contributed by atoms with Crippen molar-refractivity contribution in [1.82, 2.24) is 20.2 Å². The van der Waals surface area contributed by atoms with Crippen LogP contribution in [0.2, 0.25) is 0 Å². The summed E-state index contributed by atoms with van der Waals surface area (Å²) in [5, 5.41) is 19.9. The van der Waals surface area contributed by atoms with Crippen LogP contribution in [0.4, 0.5) is 0 Å². The van der Waals surface area contributed by atoms with Crippen LogP contribution in [-0.2, 0) is 6.54 Å². The van der Waals surface area contributed by atoms with Gasteiger partial charge in [0, 0.05) is 13.2 Å². The van der Waals surface area contributed by atoms with Crippen LogP contribution in [0.25, 0.3) is 11.6 Å². The van der Waals surface area contributed by atoms with Crippen molar-refractivity contribution < 1.29 is 9.52 Å². The Morgan fingerprint density at radius 3 is 3.14 bits per heavy atom. The van der Waals surface area contributed by atoms with Crippen molar-refractivity contribution in [3.63, 3.8) is 0 Å². The van der Waals surface area contributed by atoms with Gasteiger partial charge in [-0.05, 0) is 29.0 Å². The minimum absolute atomic E-state index is 0.122. The molecular weight excluding hydrogens is 184 g/mol. The van der Waals surface area contributed by atoms with Crippen molar-refractivity contribution in [3.8, 4) is 11.6 Å². The Morgan fingerprint density at radius 1 is 1.50 bits per heavy atom. The van der Waals surface area contributed by atoms with Gasteiger partial charge in [0.15, 0.2) is 5.76 Å². The zero-order valence-corrected chi connectivity index (χ0v) is 7.50. The van der Waals surface area contributed by atoms with Crippen molar-refractivity contribution in [3.05, 3.63) is 18.4 Å². The Morgan fingerprint density at radius 2 is 2.43 bits per heavy atom. The molecule has 74 valence electrons. The molecule has 2 heterocycles. The molecule has 0 atom stereocenters. The lowest BCUT2D eigenvalue weighted by Gasteiger charge is -1.99. The molecule has 0 spiro atoms. The number of rotatable bonds is 4. The average Bonchev–Trinajstić information content (AvgIpc) is 2.84. The second-order valence-corrected chi connectivity index (χ2v) is 2.78. The molecule has 0 amide bonds. The number of hydrogen-bond acceptors (Lipinski definition) is 5. The molecule has 2 aromatic rings. The molecule has 14 heavy (non-hydrogen) atoms. The number of nitrogens with zero attached hydrogens (tertiary/aromatic N) is 4. The molecule has 0 aromatic carbocycles. The second kappa shape index (κ2) is 4.01. The third-order valence-electron chi connectivity index (χ3n) is 1.80. The largest absolute Gasteiger partial charge is 0.461 e. The Hall–Kier alpha value is -1.69. The summed E-state index contributed by atoms with van der Waals surface area (Å²) in [5.74, 6) is 1.22. The monoisotopic (exact) mass is 194 g/mol. The summed E-state index contributed by atoms with van der Waals surface area (Å²) in [4.78, 5) is 0. The first kappa shape index (κ1) is 8.89. The maximum atomic E-state index is 8.68. The van der Waals surface area contributed by atoms with E-state index in [2.05, 4.69) is 15.5 Å². The zero-order chi connectivity index (χ0) is 9.80. The highest BCUT2D eigenvalue weighted by Gasteiger charge is 2.10. The maximum Gasteiger partial charge on any atom is 0.217 e. The second-order valence-electron chi connectivity index (χ2n) is 2.78. The smallest absolute Gasteiger partial charge is 0.217 e. The third kappa shape index (κ3) is 1.64. The van der Waals surface area contributed by atoms with Gasteiger partial charge >= 0.3 is 0 Å². The number of hydrogen-bond donors (Lipinski definition) is 1. The highest BCUT2D eigenvalue weighted by Crippen LogP contribution is 2.15. The molecule has 0 aliphatic heterocycles. The molecular formula is C8H10N4O2. The number of furan rings is 1. The van der Waals surface area contributed by atoms with Gasteiger partial charge in [0.05, 0.1) is 6.26 Å². The van der Waals surface area contributed by atoms with Crippen LogP contribution in [0, 0.1) is 0 Å². The lowest BCUT2D eigenvalue weighted by molar-refractivity contribution is 0.276. The number of aryl methyl sites for hydroxylation is 1. The van der Waals surface area contributed by atoms with Gasteiger partial charge in [-0.15, -0.1) is 5.10 Å². The summed E-state index contributed by atoms with van der Waals surface area (Å²) in [6, 6.07) is 3.57. The van der Waals surface area contributed by atoms with Crippen molar-refractivity contribution in [1.29, 1.82) is 0 Å². The van der Waals surface area contributed by atoms with E-state index in [9.17, 15) is 0 Å². The fourth-order valence-electron chi connectivity index (χ4n) is 1.16. The van der Waals surface area contributed by atoms with Gasteiger partial charge in [-0.1, -0.05) is 0 Å². The highest BCUT2D eigenvalue weighted by molar-refractivity contribution is 5.44. The van der Waals surface area contributed by atoms with E-state index >= 15 is 0 Å². The van der Waals surface area contributed by atoms with E-state index < -0.39 is 0 Å². The molecule has 0 bridgehead atoms. The zero-order valence-electron chi connectivity index (χ0n) is 7.50. The van der Waals surface area contributed by atoms with Crippen LogP contribution in [0.3, 0.4) is 0 Å². The molecule has 1 N–H and O–H groups in total. The molecule has 0 aliphatic carbocycles. The molecule has 6 nitrogen and oxygen atoms in total. The normalized spacial score (nSPS) is 10.6. The Bertz CT molecular complexity index is 382. The van der Waals surface area contributed by atoms with Crippen LogP contribution in [0.15, 0.2) is 22.8 Å². The molecule has 0 aliphatic rings. The van der Waals surface area contributed by atoms with E-state index in [1.54, 1.807) is 23.1 Å². The first-order valence-corrected chi connectivity index (χ1v) is 4.32. The van der Waals surface area contributed by atoms with Gasteiger partial charge in [-0.2, -0.15) is 0 Å². The molecule has 0 radical (unpaired) electrons. The standard InChI is InChI=1S/C8H10N4O2/c13-5-2-4-12-8(9-10-11-12)7-3-1-6-14-7/h1,3,6,13H,2,4-5H2. The summed E-state index contributed by atoms with van der Waals surface area (Å²) in [7, 11) is 0. The maximum absolute atomic E-state index is 8.68. The van der Waals surface area contributed by atoms with Gasteiger partial charge in [-0.25, -0.2) is 4.68 Å². The lowest BCUT2D eigenvalue weighted by Crippen LogP contribution is -2.04. The summed E-state index contributed by atoms with van der Waals surface area (Å²) < 4.78 is 6.78. The average molecular weight is 194 g/mol. The van der Waals surface area contributed by atoms with Crippen LogP contribution in [0.1, 0.15) is 6.42 Å². The van der Waals surface area contributed by atoms with Crippen molar-refractivity contribution in [2.24, 2.45) is 0 Å². The van der Waals surface area contributed by atoms with E-state index in [-0.39, 0.29) is 6.61 Å². The number of aliphatic hydroxyl groups is 1. The van der Waals surface area contributed by atoms with Crippen LogP contribution in [0.5, 0.6) is 0 Å². The molecule has 0 unspecified atom stereocenters. The topological polar surface area (TPSA) is 77.0 Å². The summed E-state index contributed by atoms with van der Waals surface area (Å²) in [6.45, 7) is 0.705. The molecule has 6 heteroatoms. The summed E-state index contributed by atoms with van der Waals surface area (Å²) >= 11 is 0. The van der Waals surface area contributed by atoms with E-state index in [1.165, 1.54) is 0 Å². The molecule has 2 aromatic heterocycles. The van der Waals surface area contributed by atoms with Gasteiger partial charge in [0.2, 0.25) is 5.82 Å². The van der Waals surface area contributed by atoms with Gasteiger partial charge in [0.1, 0.15) is 0 Å². The van der Waals surface area contributed by atoms with Gasteiger partial charge in [0.25, 0.3) is 0 Å². The van der Waals surface area contributed by atoms with Crippen molar-refractivity contribution in [2.45, 2.75) is 13.0 Å². The Labute approximate surface area is 80.2 Å². The fraction of sp³-hybridized carbons (Fsp3) is 0.375. The van der Waals surface area contributed by atoms with Crippen molar-refractivity contribution in [2.75, 3.05) is 6.61 Å². The predicted molar refractivity (Wildman–Crippen MR) is 47.2 cm³/mol. The molecule has 0 saturated carbocycles.